The standard InChI is InChI=1S/C19H23N5O2S/c1-2-3-4-5-6-7-11-16-22-23-19(27-16)21-17(25)14-13-20-15-10-8-9-12-24(15)18(14)26/h8-10,12-13H,2-7,11H2,1H3,(H,21,23,25). The molecule has 0 saturated carbocycles. The number of fused-ring (bicyclic) bond motifs is 1. The minimum atomic E-state index is -0.520. The lowest BCUT2D eigenvalue weighted by molar-refractivity contribution is 0.102. The Balaban J connectivity index is 1.58. The van der Waals surface area contributed by atoms with E-state index in [1.54, 1.807) is 24.4 Å². The molecule has 0 aliphatic heterocycles. The summed E-state index contributed by atoms with van der Waals surface area (Å²) in [6.45, 7) is 2.21. The lowest BCUT2D eigenvalue weighted by atomic mass is 10.1. The Kier molecular flexibility index (Phi) is 6.64. The van der Waals surface area contributed by atoms with Crippen molar-refractivity contribution in [2.24, 2.45) is 0 Å². The molecule has 3 aromatic rings. The molecule has 0 aliphatic carbocycles. The molecule has 3 aromatic heterocycles. The van der Waals surface area contributed by atoms with Crippen LogP contribution in [-0.4, -0.2) is 25.5 Å². The number of amides is 1. The number of hydrogen-bond donors (Lipinski definition) is 1. The second-order valence-electron chi connectivity index (χ2n) is 6.38. The van der Waals surface area contributed by atoms with Gasteiger partial charge in [-0.15, -0.1) is 10.2 Å². The third-order valence-corrected chi connectivity index (χ3v) is 5.19. The topological polar surface area (TPSA) is 89.2 Å². The summed E-state index contributed by atoms with van der Waals surface area (Å²) in [5.41, 5.74) is 0.0671. The zero-order chi connectivity index (χ0) is 19.1. The van der Waals surface area contributed by atoms with Gasteiger partial charge in [0.2, 0.25) is 5.13 Å². The van der Waals surface area contributed by atoms with Gasteiger partial charge in [0.05, 0.1) is 0 Å². The molecule has 0 fully saturated rings. The van der Waals surface area contributed by atoms with Crippen LogP contribution < -0.4 is 10.9 Å². The molecule has 8 heteroatoms. The summed E-state index contributed by atoms with van der Waals surface area (Å²) >= 11 is 1.35. The van der Waals surface area contributed by atoms with Crippen LogP contribution in [0.1, 0.15) is 60.8 Å². The molecule has 3 heterocycles. The van der Waals surface area contributed by atoms with Gasteiger partial charge >= 0.3 is 0 Å². The van der Waals surface area contributed by atoms with Gasteiger partial charge in [0.15, 0.2) is 0 Å². The maximum atomic E-state index is 12.4. The van der Waals surface area contributed by atoms with Gasteiger partial charge in [0.25, 0.3) is 11.5 Å². The maximum absolute atomic E-state index is 12.4. The first-order valence-corrected chi connectivity index (χ1v) is 10.1. The van der Waals surface area contributed by atoms with Gasteiger partial charge in [0, 0.05) is 18.8 Å². The summed E-state index contributed by atoms with van der Waals surface area (Å²) in [7, 11) is 0. The number of unbranched alkanes of at least 4 members (excludes halogenated alkanes) is 5. The molecule has 0 aliphatic rings. The highest BCUT2D eigenvalue weighted by Gasteiger charge is 2.15. The molecule has 27 heavy (non-hydrogen) atoms. The fourth-order valence-electron chi connectivity index (χ4n) is 2.81. The highest BCUT2D eigenvalue weighted by Crippen LogP contribution is 2.18. The molecule has 3 rings (SSSR count). The summed E-state index contributed by atoms with van der Waals surface area (Å²) in [5, 5.41) is 12.1. The first kappa shape index (κ1) is 19.2. The fourth-order valence-corrected chi connectivity index (χ4v) is 3.59. The predicted molar refractivity (Wildman–Crippen MR) is 106 cm³/mol. The minimum Gasteiger partial charge on any atom is -0.296 e. The largest absolute Gasteiger partial charge is 0.296 e. The maximum Gasteiger partial charge on any atom is 0.270 e. The smallest absolute Gasteiger partial charge is 0.270 e. The van der Waals surface area contributed by atoms with Crippen LogP contribution in [0.4, 0.5) is 5.13 Å². The molecule has 1 N–H and O–H groups in total. The first-order chi connectivity index (χ1) is 13.2. The van der Waals surface area contributed by atoms with Gasteiger partial charge in [-0.05, 0) is 18.6 Å². The summed E-state index contributed by atoms with van der Waals surface area (Å²) < 4.78 is 1.35. The number of anilines is 1. The number of pyridine rings is 1. The number of nitrogens with one attached hydrogen (secondary N) is 1. The van der Waals surface area contributed by atoms with Crippen LogP contribution in [0.3, 0.4) is 0 Å². The van der Waals surface area contributed by atoms with Crippen LogP contribution >= 0.6 is 11.3 Å². The van der Waals surface area contributed by atoms with Crippen molar-refractivity contribution in [3.63, 3.8) is 0 Å². The van der Waals surface area contributed by atoms with E-state index < -0.39 is 11.5 Å². The SMILES string of the molecule is CCCCCCCCc1nnc(NC(=O)c2cnc3ccccn3c2=O)s1. The van der Waals surface area contributed by atoms with Crippen LogP contribution in [0.5, 0.6) is 0 Å². The van der Waals surface area contributed by atoms with Crippen molar-refractivity contribution in [3.05, 3.63) is 51.5 Å². The van der Waals surface area contributed by atoms with E-state index in [9.17, 15) is 9.59 Å². The molecule has 7 nitrogen and oxygen atoms in total. The number of carbonyl (C=O) groups is 1. The zero-order valence-electron chi connectivity index (χ0n) is 15.4. The van der Waals surface area contributed by atoms with Gasteiger partial charge in [-0.1, -0.05) is 56.4 Å². The van der Waals surface area contributed by atoms with Crippen molar-refractivity contribution in [1.29, 1.82) is 0 Å². The molecule has 0 radical (unpaired) electrons. The highest BCUT2D eigenvalue weighted by molar-refractivity contribution is 7.15. The molecular weight excluding hydrogens is 362 g/mol. The second-order valence-corrected chi connectivity index (χ2v) is 7.44. The average molecular weight is 385 g/mol. The summed E-state index contributed by atoms with van der Waals surface area (Å²) in [4.78, 5) is 29.0. The van der Waals surface area contributed by atoms with Crippen molar-refractivity contribution >= 4 is 28.0 Å². The molecule has 0 atom stereocenters. The van der Waals surface area contributed by atoms with Gasteiger partial charge in [0.1, 0.15) is 16.2 Å². The van der Waals surface area contributed by atoms with Crippen molar-refractivity contribution in [1.82, 2.24) is 19.6 Å². The van der Waals surface area contributed by atoms with E-state index in [0.717, 1.165) is 17.8 Å². The summed E-state index contributed by atoms with van der Waals surface area (Å²) in [6.07, 6.45) is 11.1. The lowest BCUT2D eigenvalue weighted by Crippen LogP contribution is -2.26. The fraction of sp³-hybridized carbons (Fsp3) is 0.421. The number of nitrogens with zero attached hydrogens (tertiary/aromatic N) is 4. The molecular formula is C19H23N5O2S. The van der Waals surface area contributed by atoms with E-state index in [2.05, 4.69) is 27.4 Å². The Morgan fingerprint density at radius 1 is 1.15 bits per heavy atom. The number of carbonyl (C=O) groups excluding carboxylic acids is 1. The van der Waals surface area contributed by atoms with Crippen molar-refractivity contribution in [3.8, 4) is 0 Å². The molecule has 1 amide bonds. The number of rotatable bonds is 9. The van der Waals surface area contributed by atoms with Crippen LogP contribution in [0.15, 0.2) is 35.4 Å². The first-order valence-electron chi connectivity index (χ1n) is 9.29. The van der Waals surface area contributed by atoms with Crippen LogP contribution in [0, 0.1) is 0 Å². The Bertz CT molecular complexity index is 966. The van der Waals surface area contributed by atoms with E-state index in [4.69, 9.17) is 0 Å². The molecule has 0 aromatic carbocycles. The number of aromatic nitrogens is 4. The highest BCUT2D eigenvalue weighted by atomic mass is 32.1. The van der Waals surface area contributed by atoms with Gasteiger partial charge < -0.3 is 0 Å². The predicted octanol–water partition coefficient (Wildman–Crippen LogP) is 3.70. The molecule has 0 bridgehead atoms. The molecule has 0 saturated heterocycles. The van der Waals surface area contributed by atoms with Crippen LogP contribution in [-0.2, 0) is 6.42 Å². The minimum absolute atomic E-state index is 0.0219. The van der Waals surface area contributed by atoms with E-state index in [1.807, 2.05) is 0 Å². The van der Waals surface area contributed by atoms with E-state index >= 15 is 0 Å². The Morgan fingerprint density at radius 2 is 1.96 bits per heavy atom. The monoisotopic (exact) mass is 385 g/mol. The molecule has 0 unspecified atom stereocenters. The van der Waals surface area contributed by atoms with E-state index in [1.165, 1.54) is 54.0 Å². The number of aryl methyl sites for hydroxylation is 1. The molecule has 0 spiro atoms. The van der Waals surface area contributed by atoms with Gasteiger partial charge in [-0.25, -0.2) is 4.98 Å². The van der Waals surface area contributed by atoms with Crippen LogP contribution in [0.25, 0.3) is 5.65 Å². The Labute approximate surface area is 161 Å². The third kappa shape index (κ3) is 4.97. The van der Waals surface area contributed by atoms with E-state index in [0.29, 0.717) is 10.8 Å². The van der Waals surface area contributed by atoms with E-state index in [-0.39, 0.29) is 5.56 Å². The van der Waals surface area contributed by atoms with Crippen molar-refractivity contribution in [2.75, 3.05) is 5.32 Å². The quantitative estimate of drug-likeness (QED) is 0.567. The summed E-state index contributed by atoms with van der Waals surface area (Å²) in [5.74, 6) is -0.520. The normalized spacial score (nSPS) is 11.0. The van der Waals surface area contributed by atoms with Gasteiger partial charge in [-0.2, -0.15) is 0 Å². The lowest BCUT2D eigenvalue weighted by Gasteiger charge is -2.03. The second kappa shape index (κ2) is 9.36. The van der Waals surface area contributed by atoms with Crippen LogP contribution in [0.2, 0.25) is 0 Å². The molecule has 142 valence electrons. The summed E-state index contributed by atoms with van der Waals surface area (Å²) in [6, 6.07) is 5.22. The van der Waals surface area contributed by atoms with Crippen molar-refractivity contribution < 1.29 is 4.79 Å². The Hall–Kier alpha value is -2.61. The van der Waals surface area contributed by atoms with Gasteiger partial charge in [-0.3, -0.25) is 19.3 Å². The van der Waals surface area contributed by atoms with Crippen molar-refractivity contribution in [2.45, 2.75) is 51.9 Å². The zero-order valence-corrected chi connectivity index (χ0v) is 16.2. The number of hydrogen-bond acceptors (Lipinski definition) is 6. The third-order valence-electron chi connectivity index (χ3n) is 4.29. The Morgan fingerprint density at radius 3 is 2.81 bits per heavy atom. The average Bonchev–Trinajstić information content (AvgIpc) is 3.12.